The maximum absolute atomic E-state index is 12.9. The van der Waals surface area contributed by atoms with E-state index in [0.29, 0.717) is 12.0 Å². The summed E-state index contributed by atoms with van der Waals surface area (Å²) in [5, 5.41) is 1.37. The van der Waals surface area contributed by atoms with E-state index in [2.05, 4.69) is 47.7 Å². The molecule has 3 aliphatic heterocycles. The Morgan fingerprint density at radius 2 is 2.12 bits per heavy atom. The number of aryl methyl sites for hydroxylation is 1. The third kappa shape index (κ3) is 1.76. The Kier molecular flexibility index (Phi) is 3.52. The summed E-state index contributed by atoms with van der Waals surface area (Å²) in [5.74, 6) is 0.440. The molecule has 1 unspecified atom stereocenters. The van der Waals surface area contributed by atoms with E-state index in [1.54, 1.807) is 7.11 Å². The lowest BCUT2D eigenvalue weighted by Gasteiger charge is -2.54. The maximum Gasteiger partial charge on any atom is 0.311 e. The number of piperidine rings is 1. The van der Waals surface area contributed by atoms with E-state index in [-0.39, 0.29) is 17.4 Å². The normalized spacial score (nSPS) is 33.1. The lowest BCUT2D eigenvalue weighted by Crippen LogP contribution is -2.60. The van der Waals surface area contributed by atoms with Gasteiger partial charge < -0.3 is 9.30 Å². The van der Waals surface area contributed by atoms with Crippen LogP contribution < -0.4 is 0 Å². The highest BCUT2D eigenvalue weighted by Gasteiger charge is 2.65. The molecule has 4 nitrogen and oxygen atoms in total. The molecule has 4 atom stereocenters. The third-order valence-corrected chi connectivity index (χ3v) is 7.60. The van der Waals surface area contributed by atoms with Crippen molar-refractivity contribution < 1.29 is 9.53 Å². The number of fused-ring (bicyclic) bond motifs is 3. The van der Waals surface area contributed by atoms with Gasteiger partial charge in [0.25, 0.3) is 0 Å². The topological polar surface area (TPSA) is 34.5 Å². The smallest absolute Gasteiger partial charge is 0.311 e. The van der Waals surface area contributed by atoms with Gasteiger partial charge in [-0.05, 0) is 43.2 Å². The van der Waals surface area contributed by atoms with Crippen LogP contribution >= 0.6 is 0 Å². The second-order valence-electron chi connectivity index (χ2n) is 8.32. The molecule has 0 spiro atoms. The molecule has 0 saturated carbocycles. The van der Waals surface area contributed by atoms with E-state index in [0.717, 1.165) is 25.8 Å². The molecule has 0 radical (unpaired) electrons. The first-order chi connectivity index (χ1) is 12.6. The fraction of sp³-hybridized carbons (Fsp3) is 0.591. The molecule has 3 aliphatic rings. The number of ether oxygens (including phenoxy) is 1. The standard InChI is InChI=1S/C22H28N2O2/c1-4-14-9-10-15-13-18(21(25)26-3)22(14)20-17(11-12-24(15)22)16-7-5-6-8-19(16)23(20)2/h5-8,14-15,18H,4,9-13H2,1-3H3/t14-,15+,18?,22-/m1/s1. The first-order valence-electron chi connectivity index (χ1n) is 10.1. The van der Waals surface area contributed by atoms with E-state index < -0.39 is 0 Å². The molecule has 2 saturated heterocycles. The lowest BCUT2D eigenvalue weighted by molar-refractivity contribution is -0.152. The first-order valence-corrected chi connectivity index (χ1v) is 10.1. The highest BCUT2D eigenvalue weighted by Crippen LogP contribution is 2.61. The number of carbonyl (C=O) groups excluding carboxylic acids is 1. The summed E-state index contributed by atoms with van der Waals surface area (Å²) in [6.07, 6.45) is 5.57. The summed E-state index contributed by atoms with van der Waals surface area (Å²) in [6.45, 7) is 3.36. The molecule has 4 heteroatoms. The number of hydrogen-bond acceptors (Lipinski definition) is 3. The van der Waals surface area contributed by atoms with E-state index >= 15 is 0 Å². The van der Waals surface area contributed by atoms with Crippen LogP contribution in [0.25, 0.3) is 10.9 Å². The average molecular weight is 352 g/mol. The summed E-state index contributed by atoms with van der Waals surface area (Å²) < 4.78 is 7.73. The Hall–Kier alpha value is -1.81. The van der Waals surface area contributed by atoms with Crippen molar-refractivity contribution in [3.63, 3.8) is 0 Å². The summed E-state index contributed by atoms with van der Waals surface area (Å²) in [6, 6.07) is 9.26. The highest BCUT2D eigenvalue weighted by molar-refractivity contribution is 5.87. The van der Waals surface area contributed by atoms with Gasteiger partial charge in [-0.1, -0.05) is 31.5 Å². The van der Waals surface area contributed by atoms with Crippen LogP contribution in [0.4, 0.5) is 0 Å². The van der Waals surface area contributed by atoms with Gasteiger partial charge in [-0.3, -0.25) is 9.69 Å². The first kappa shape index (κ1) is 16.4. The van der Waals surface area contributed by atoms with Crippen molar-refractivity contribution in [3.8, 4) is 0 Å². The second kappa shape index (κ2) is 5.59. The summed E-state index contributed by atoms with van der Waals surface area (Å²) in [4.78, 5) is 15.6. The number of para-hydroxylation sites is 1. The zero-order valence-corrected chi connectivity index (χ0v) is 16.0. The average Bonchev–Trinajstić information content (AvgIpc) is 3.10. The Bertz CT molecular complexity index is 886. The molecular weight excluding hydrogens is 324 g/mol. The number of hydrogen-bond donors (Lipinski definition) is 0. The van der Waals surface area contributed by atoms with Gasteiger partial charge in [-0.2, -0.15) is 0 Å². The highest BCUT2D eigenvalue weighted by atomic mass is 16.5. The molecule has 0 amide bonds. The monoisotopic (exact) mass is 352 g/mol. The molecule has 1 aromatic heterocycles. The van der Waals surface area contributed by atoms with Gasteiger partial charge in [0.2, 0.25) is 0 Å². The van der Waals surface area contributed by atoms with Gasteiger partial charge in [-0.25, -0.2) is 0 Å². The Morgan fingerprint density at radius 1 is 1.31 bits per heavy atom. The predicted octanol–water partition coefficient (Wildman–Crippen LogP) is 3.61. The van der Waals surface area contributed by atoms with Crippen molar-refractivity contribution in [3.05, 3.63) is 35.5 Å². The predicted molar refractivity (Wildman–Crippen MR) is 102 cm³/mol. The van der Waals surface area contributed by atoms with E-state index in [1.165, 1.54) is 35.0 Å². The fourth-order valence-corrected chi connectivity index (χ4v) is 6.75. The Labute approximate surface area is 155 Å². The van der Waals surface area contributed by atoms with Gasteiger partial charge in [0.05, 0.1) is 18.6 Å². The molecule has 2 bridgehead atoms. The van der Waals surface area contributed by atoms with Crippen molar-refractivity contribution >= 4 is 16.9 Å². The van der Waals surface area contributed by atoms with Crippen molar-refractivity contribution in [1.82, 2.24) is 9.47 Å². The number of esters is 1. The minimum absolute atomic E-state index is 0.0176. The number of carbonyl (C=O) groups is 1. The van der Waals surface area contributed by atoms with Crippen LogP contribution in [-0.2, 0) is 28.5 Å². The molecule has 138 valence electrons. The maximum atomic E-state index is 12.9. The van der Waals surface area contributed by atoms with E-state index in [4.69, 9.17) is 4.74 Å². The summed E-state index contributed by atoms with van der Waals surface area (Å²) in [5.41, 5.74) is 3.97. The Balaban J connectivity index is 1.85. The van der Waals surface area contributed by atoms with Gasteiger partial charge in [0.1, 0.15) is 0 Å². The van der Waals surface area contributed by atoms with Crippen LogP contribution in [0.5, 0.6) is 0 Å². The van der Waals surface area contributed by atoms with Crippen molar-refractivity contribution in [2.24, 2.45) is 18.9 Å². The largest absolute Gasteiger partial charge is 0.469 e. The SMILES string of the molecule is CC[C@@H]1CC[C@H]2CC(C(=O)OC)[C@@]13c1c(c4ccccc4n1C)CCN23. The Morgan fingerprint density at radius 3 is 2.88 bits per heavy atom. The quantitative estimate of drug-likeness (QED) is 0.775. The van der Waals surface area contributed by atoms with Crippen LogP contribution in [-0.4, -0.2) is 35.1 Å². The molecule has 4 heterocycles. The van der Waals surface area contributed by atoms with Crippen LogP contribution in [0.15, 0.2) is 24.3 Å². The molecule has 26 heavy (non-hydrogen) atoms. The van der Waals surface area contributed by atoms with Gasteiger partial charge in [-0.15, -0.1) is 0 Å². The van der Waals surface area contributed by atoms with E-state index in [9.17, 15) is 4.79 Å². The number of rotatable bonds is 2. The molecule has 5 rings (SSSR count). The van der Waals surface area contributed by atoms with Crippen LogP contribution in [0.1, 0.15) is 43.9 Å². The molecular formula is C22H28N2O2. The van der Waals surface area contributed by atoms with Gasteiger partial charge >= 0.3 is 5.97 Å². The summed E-state index contributed by atoms with van der Waals surface area (Å²) in [7, 11) is 3.75. The molecule has 2 aromatic rings. The minimum Gasteiger partial charge on any atom is -0.469 e. The van der Waals surface area contributed by atoms with Crippen molar-refractivity contribution in [1.29, 1.82) is 0 Å². The number of benzene rings is 1. The second-order valence-corrected chi connectivity index (χ2v) is 8.32. The van der Waals surface area contributed by atoms with Crippen LogP contribution in [0, 0.1) is 11.8 Å². The fourth-order valence-electron chi connectivity index (χ4n) is 6.75. The van der Waals surface area contributed by atoms with Crippen LogP contribution in [0.3, 0.4) is 0 Å². The molecule has 0 aliphatic carbocycles. The number of methoxy groups -OCH3 is 1. The van der Waals surface area contributed by atoms with Gasteiger partial charge in [0, 0.05) is 36.2 Å². The third-order valence-electron chi connectivity index (χ3n) is 7.60. The molecule has 0 N–H and O–H groups in total. The number of nitrogens with zero attached hydrogens (tertiary/aromatic N) is 2. The van der Waals surface area contributed by atoms with Gasteiger partial charge in [0.15, 0.2) is 0 Å². The van der Waals surface area contributed by atoms with Crippen molar-refractivity contribution in [2.75, 3.05) is 13.7 Å². The zero-order valence-electron chi connectivity index (χ0n) is 16.0. The lowest BCUT2D eigenvalue weighted by atomic mass is 9.66. The zero-order chi connectivity index (χ0) is 18.1. The minimum atomic E-state index is -0.188. The van der Waals surface area contributed by atoms with Crippen molar-refractivity contribution in [2.45, 2.75) is 50.6 Å². The summed E-state index contributed by atoms with van der Waals surface area (Å²) >= 11 is 0. The van der Waals surface area contributed by atoms with Crippen LogP contribution in [0.2, 0.25) is 0 Å². The molecule has 2 fully saturated rings. The molecule has 1 aromatic carbocycles. The number of aromatic nitrogens is 1. The van der Waals surface area contributed by atoms with E-state index in [1.807, 2.05) is 0 Å².